The highest BCUT2D eigenvalue weighted by atomic mass is 16.2. The summed E-state index contributed by atoms with van der Waals surface area (Å²) in [6.45, 7) is 3.18. The Morgan fingerprint density at radius 2 is 2.53 bits per heavy atom. The fraction of sp³-hybridized carbons (Fsp3) is 0.667. The van der Waals surface area contributed by atoms with Crippen LogP contribution in [0, 0.1) is 5.92 Å². The Morgan fingerprint density at radius 1 is 1.80 bits per heavy atom. The number of carbonyl (C=O) groups excluding carboxylic acids is 1. The molecule has 0 bridgehead atoms. The van der Waals surface area contributed by atoms with Crippen LogP contribution in [0.3, 0.4) is 0 Å². The summed E-state index contributed by atoms with van der Waals surface area (Å²) >= 11 is 0. The second-order valence-electron chi connectivity index (χ2n) is 3.95. The number of aromatic nitrogens is 3. The molecule has 0 radical (unpaired) electrons. The molecule has 6 nitrogen and oxygen atoms in total. The summed E-state index contributed by atoms with van der Waals surface area (Å²) < 4.78 is 1.57. The van der Waals surface area contributed by atoms with Crippen molar-refractivity contribution in [2.75, 3.05) is 6.54 Å². The number of hydrogen-bond acceptors (Lipinski definition) is 4. The van der Waals surface area contributed by atoms with Crippen LogP contribution >= 0.6 is 0 Å². The van der Waals surface area contributed by atoms with E-state index >= 15 is 0 Å². The normalized spacial score (nSPS) is 23.9. The van der Waals surface area contributed by atoms with Crippen LogP contribution < -0.4 is 11.1 Å². The summed E-state index contributed by atoms with van der Waals surface area (Å²) in [7, 11) is 0. The van der Waals surface area contributed by atoms with E-state index in [1.807, 2.05) is 0 Å². The highest BCUT2D eigenvalue weighted by molar-refractivity contribution is 5.92. The number of hydrogen-bond donors (Lipinski definition) is 2. The molecule has 0 aromatic carbocycles. The molecule has 15 heavy (non-hydrogen) atoms. The number of nitrogens with zero attached hydrogens (tertiary/aromatic N) is 3. The number of nitrogens with one attached hydrogen (secondary N) is 1. The molecule has 1 aliphatic carbocycles. The lowest BCUT2D eigenvalue weighted by Crippen LogP contribution is -2.26. The van der Waals surface area contributed by atoms with Gasteiger partial charge < -0.3 is 11.1 Å². The maximum Gasteiger partial charge on any atom is 0.273 e. The van der Waals surface area contributed by atoms with Crippen molar-refractivity contribution in [2.24, 2.45) is 11.7 Å². The monoisotopic (exact) mass is 209 g/mol. The molecule has 1 saturated carbocycles. The second-order valence-corrected chi connectivity index (χ2v) is 3.95. The molecule has 1 aliphatic rings. The Balaban J connectivity index is 1.93. The summed E-state index contributed by atoms with van der Waals surface area (Å²) in [6.07, 6.45) is 2.68. The number of carbonyl (C=O) groups is 1. The van der Waals surface area contributed by atoms with Gasteiger partial charge in [-0.3, -0.25) is 9.48 Å². The van der Waals surface area contributed by atoms with Crippen LogP contribution in [0.15, 0.2) is 6.20 Å². The summed E-state index contributed by atoms with van der Waals surface area (Å²) in [6, 6.07) is 0.317. The van der Waals surface area contributed by atoms with Crippen LogP contribution in [-0.2, 0) is 6.54 Å². The number of rotatable bonds is 4. The Morgan fingerprint density at radius 3 is 3.13 bits per heavy atom. The van der Waals surface area contributed by atoms with E-state index in [1.54, 1.807) is 10.9 Å². The van der Waals surface area contributed by atoms with Gasteiger partial charge in [0.25, 0.3) is 5.91 Å². The fourth-order valence-electron chi connectivity index (χ4n) is 1.41. The zero-order valence-corrected chi connectivity index (χ0v) is 8.68. The first-order valence-electron chi connectivity index (χ1n) is 5.11. The quantitative estimate of drug-likeness (QED) is 0.691. The van der Waals surface area contributed by atoms with E-state index in [2.05, 4.69) is 22.6 Å². The number of nitrogens with two attached hydrogens (primary N) is 1. The van der Waals surface area contributed by atoms with Crippen LogP contribution in [0.2, 0.25) is 0 Å². The van der Waals surface area contributed by atoms with Crippen molar-refractivity contribution in [2.45, 2.75) is 25.9 Å². The molecule has 1 aromatic heterocycles. The van der Waals surface area contributed by atoms with Gasteiger partial charge in [-0.15, -0.1) is 5.10 Å². The van der Waals surface area contributed by atoms with E-state index in [-0.39, 0.29) is 5.91 Å². The van der Waals surface area contributed by atoms with Gasteiger partial charge >= 0.3 is 0 Å². The van der Waals surface area contributed by atoms with Gasteiger partial charge in [0.2, 0.25) is 0 Å². The molecule has 1 heterocycles. The first-order chi connectivity index (χ1) is 7.20. The SMILES string of the molecule is CC1CC1NC(=O)c1cn(CCN)nn1. The van der Waals surface area contributed by atoms with Gasteiger partial charge in [-0.2, -0.15) is 0 Å². The van der Waals surface area contributed by atoms with Crippen LogP contribution in [0.25, 0.3) is 0 Å². The predicted molar refractivity (Wildman–Crippen MR) is 54.1 cm³/mol. The van der Waals surface area contributed by atoms with E-state index in [1.165, 1.54) is 0 Å². The standard InChI is InChI=1S/C9H15N5O/c1-6-4-7(6)11-9(15)8-5-14(3-2-10)13-12-8/h5-7H,2-4,10H2,1H3,(H,11,15). The third-order valence-corrected chi connectivity index (χ3v) is 2.56. The third-order valence-electron chi connectivity index (χ3n) is 2.56. The highest BCUT2D eigenvalue weighted by Gasteiger charge is 2.34. The Bertz CT molecular complexity index is 361. The summed E-state index contributed by atoms with van der Waals surface area (Å²) in [5, 5.41) is 10.5. The van der Waals surface area contributed by atoms with Crippen LogP contribution in [0.5, 0.6) is 0 Å². The molecule has 0 aliphatic heterocycles. The first-order valence-corrected chi connectivity index (χ1v) is 5.11. The summed E-state index contributed by atoms with van der Waals surface area (Å²) in [4.78, 5) is 11.6. The van der Waals surface area contributed by atoms with E-state index in [0.717, 1.165) is 6.42 Å². The van der Waals surface area contributed by atoms with Gasteiger partial charge in [-0.05, 0) is 12.3 Å². The zero-order chi connectivity index (χ0) is 10.8. The van der Waals surface area contributed by atoms with Gasteiger partial charge in [-0.1, -0.05) is 12.1 Å². The Hall–Kier alpha value is -1.43. The average Bonchev–Trinajstić information content (AvgIpc) is 2.72. The molecule has 2 atom stereocenters. The molecule has 1 amide bonds. The van der Waals surface area contributed by atoms with Crippen LogP contribution in [-0.4, -0.2) is 33.5 Å². The van der Waals surface area contributed by atoms with E-state index < -0.39 is 0 Å². The minimum absolute atomic E-state index is 0.146. The van der Waals surface area contributed by atoms with Gasteiger partial charge in [0, 0.05) is 12.6 Å². The van der Waals surface area contributed by atoms with Crippen molar-refractivity contribution in [1.82, 2.24) is 20.3 Å². The fourth-order valence-corrected chi connectivity index (χ4v) is 1.41. The third kappa shape index (κ3) is 2.33. The predicted octanol–water partition coefficient (Wildman–Crippen LogP) is -0.625. The lowest BCUT2D eigenvalue weighted by Gasteiger charge is -1.98. The van der Waals surface area contributed by atoms with Crippen molar-refractivity contribution in [3.63, 3.8) is 0 Å². The van der Waals surface area contributed by atoms with Crippen LogP contribution in [0.4, 0.5) is 0 Å². The minimum Gasteiger partial charge on any atom is -0.348 e. The number of amides is 1. The second kappa shape index (κ2) is 3.98. The van der Waals surface area contributed by atoms with E-state index in [9.17, 15) is 4.79 Å². The van der Waals surface area contributed by atoms with Gasteiger partial charge in [-0.25, -0.2) is 0 Å². The maximum atomic E-state index is 11.6. The summed E-state index contributed by atoms with van der Waals surface area (Å²) in [5.41, 5.74) is 5.73. The van der Waals surface area contributed by atoms with Crippen molar-refractivity contribution in [3.8, 4) is 0 Å². The van der Waals surface area contributed by atoms with Gasteiger partial charge in [0.05, 0.1) is 12.7 Å². The van der Waals surface area contributed by atoms with Gasteiger partial charge in [0.1, 0.15) is 0 Å². The van der Waals surface area contributed by atoms with Gasteiger partial charge in [0.15, 0.2) is 5.69 Å². The molecule has 82 valence electrons. The van der Waals surface area contributed by atoms with Crippen molar-refractivity contribution < 1.29 is 4.79 Å². The Labute approximate surface area is 87.8 Å². The Kier molecular flexibility index (Phi) is 2.68. The first kappa shape index (κ1) is 10.1. The average molecular weight is 209 g/mol. The molecule has 6 heteroatoms. The zero-order valence-electron chi connectivity index (χ0n) is 8.68. The molecular formula is C9H15N5O. The molecule has 0 saturated heterocycles. The van der Waals surface area contributed by atoms with Crippen molar-refractivity contribution in [1.29, 1.82) is 0 Å². The van der Waals surface area contributed by atoms with E-state index in [4.69, 9.17) is 5.73 Å². The van der Waals surface area contributed by atoms with Crippen molar-refractivity contribution >= 4 is 5.91 Å². The highest BCUT2D eigenvalue weighted by Crippen LogP contribution is 2.29. The van der Waals surface area contributed by atoms with E-state index in [0.29, 0.717) is 30.7 Å². The molecular weight excluding hydrogens is 194 g/mol. The lowest BCUT2D eigenvalue weighted by atomic mass is 10.4. The molecule has 1 aromatic rings. The molecule has 2 rings (SSSR count). The molecule has 3 N–H and O–H groups in total. The smallest absolute Gasteiger partial charge is 0.273 e. The molecule has 0 spiro atoms. The minimum atomic E-state index is -0.146. The lowest BCUT2D eigenvalue weighted by molar-refractivity contribution is 0.0944. The van der Waals surface area contributed by atoms with Crippen molar-refractivity contribution in [3.05, 3.63) is 11.9 Å². The molecule has 2 unspecified atom stereocenters. The molecule has 1 fully saturated rings. The van der Waals surface area contributed by atoms with Crippen LogP contribution in [0.1, 0.15) is 23.8 Å². The topological polar surface area (TPSA) is 85.8 Å². The largest absolute Gasteiger partial charge is 0.348 e. The maximum absolute atomic E-state index is 11.6. The summed E-state index contributed by atoms with van der Waals surface area (Å²) in [5.74, 6) is 0.445.